The average molecular weight is 398 g/mol. The van der Waals surface area contributed by atoms with Gasteiger partial charge in [-0.15, -0.1) is 0 Å². The molecule has 5 nitrogen and oxygen atoms in total. The lowest BCUT2D eigenvalue weighted by Gasteiger charge is -2.31. The second-order valence-corrected chi connectivity index (χ2v) is 7.99. The lowest BCUT2D eigenvalue weighted by Crippen LogP contribution is -3.17. The maximum atomic E-state index is 12.7. The summed E-state index contributed by atoms with van der Waals surface area (Å²) in [6, 6.07) is 16.5. The number of amides is 1. The number of quaternary nitrogens is 1. The zero-order valence-electron chi connectivity index (χ0n) is 17.8. The quantitative estimate of drug-likeness (QED) is 0.745. The van der Waals surface area contributed by atoms with Crippen LogP contribution in [-0.2, 0) is 17.9 Å². The smallest absolute Gasteiger partial charge is 0.277 e. The molecular weight excluding hydrogens is 364 g/mol. The number of nitrogens with one attached hydrogen (secondary N) is 1. The van der Waals surface area contributed by atoms with E-state index in [-0.39, 0.29) is 5.91 Å². The van der Waals surface area contributed by atoms with Gasteiger partial charge in [0.25, 0.3) is 5.91 Å². The Morgan fingerprint density at radius 3 is 2.62 bits per heavy atom. The molecule has 1 heterocycles. The monoisotopic (exact) mass is 397 g/mol. The lowest BCUT2D eigenvalue weighted by atomic mass is 10.0. The molecule has 29 heavy (non-hydrogen) atoms. The van der Waals surface area contributed by atoms with Crippen LogP contribution in [0.3, 0.4) is 0 Å². The highest BCUT2D eigenvalue weighted by Crippen LogP contribution is 2.29. The SMILES string of the molecule is COc1cc(CN(C)C(=O)C[NH+]2CCCC[C@@H]2C)ccc1OCc1ccccc1. The van der Waals surface area contributed by atoms with E-state index >= 15 is 0 Å². The Morgan fingerprint density at radius 2 is 1.90 bits per heavy atom. The summed E-state index contributed by atoms with van der Waals surface area (Å²) in [5.74, 6) is 1.59. The third-order valence-electron chi connectivity index (χ3n) is 5.77. The van der Waals surface area contributed by atoms with Crippen LogP contribution in [0.2, 0.25) is 0 Å². The van der Waals surface area contributed by atoms with Crippen molar-refractivity contribution < 1.29 is 19.2 Å². The highest BCUT2D eigenvalue weighted by Gasteiger charge is 2.25. The Labute approximate surface area is 174 Å². The fourth-order valence-electron chi connectivity index (χ4n) is 3.87. The first-order valence-corrected chi connectivity index (χ1v) is 10.5. The van der Waals surface area contributed by atoms with Crippen molar-refractivity contribution in [3.63, 3.8) is 0 Å². The van der Waals surface area contributed by atoms with Gasteiger partial charge in [0, 0.05) is 13.6 Å². The minimum Gasteiger partial charge on any atom is -0.493 e. The highest BCUT2D eigenvalue weighted by atomic mass is 16.5. The summed E-state index contributed by atoms with van der Waals surface area (Å²) in [5.41, 5.74) is 2.14. The van der Waals surface area contributed by atoms with Crippen LogP contribution < -0.4 is 14.4 Å². The molecule has 0 spiro atoms. The summed E-state index contributed by atoms with van der Waals surface area (Å²) in [7, 11) is 3.52. The Balaban J connectivity index is 1.57. The Morgan fingerprint density at radius 1 is 1.10 bits per heavy atom. The molecule has 2 aromatic carbocycles. The molecule has 1 fully saturated rings. The summed E-state index contributed by atoms with van der Waals surface area (Å²) in [6.45, 7) is 4.98. The molecule has 0 saturated carbocycles. The molecule has 0 aliphatic carbocycles. The van der Waals surface area contributed by atoms with Gasteiger partial charge in [-0.3, -0.25) is 4.79 Å². The van der Waals surface area contributed by atoms with E-state index in [2.05, 4.69) is 6.92 Å². The minimum atomic E-state index is 0.192. The van der Waals surface area contributed by atoms with E-state index in [0.29, 0.717) is 37.2 Å². The third-order valence-corrected chi connectivity index (χ3v) is 5.77. The minimum absolute atomic E-state index is 0.192. The van der Waals surface area contributed by atoms with Crippen molar-refractivity contribution in [3.05, 3.63) is 59.7 Å². The van der Waals surface area contributed by atoms with Crippen LogP contribution in [0.15, 0.2) is 48.5 Å². The fourth-order valence-corrected chi connectivity index (χ4v) is 3.87. The number of rotatable bonds is 8. The Bertz CT molecular complexity index is 794. The van der Waals surface area contributed by atoms with Crippen LogP contribution in [0.25, 0.3) is 0 Å². The van der Waals surface area contributed by atoms with Gasteiger partial charge in [-0.1, -0.05) is 36.4 Å². The van der Waals surface area contributed by atoms with Crippen LogP contribution in [0, 0.1) is 0 Å². The van der Waals surface area contributed by atoms with Crippen molar-refractivity contribution in [2.24, 2.45) is 0 Å². The topological polar surface area (TPSA) is 43.2 Å². The van der Waals surface area contributed by atoms with Gasteiger partial charge in [0.05, 0.1) is 19.7 Å². The molecule has 1 N–H and O–H groups in total. The van der Waals surface area contributed by atoms with E-state index < -0.39 is 0 Å². The number of benzene rings is 2. The van der Waals surface area contributed by atoms with Crippen molar-refractivity contribution in [1.82, 2.24) is 4.90 Å². The first-order valence-electron chi connectivity index (χ1n) is 10.5. The van der Waals surface area contributed by atoms with E-state index in [1.54, 1.807) is 7.11 Å². The van der Waals surface area contributed by atoms with Crippen molar-refractivity contribution >= 4 is 5.91 Å². The van der Waals surface area contributed by atoms with Crippen molar-refractivity contribution in [2.75, 3.05) is 27.2 Å². The fraction of sp³-hybridized carbons (Fsp3) is 0.458. The molecule has 2 aromatic rings. The van der Waals surface area contributed by atoms with Gasteiger partial charge < -0.3 is 19.3 Å². The van der Waals surface area contributed by atoms with Gasteiger partial charge in [-0.25, -0.2) is 0 Å². The first kappa shape index (κ1) is 21.2. The highest BCUT2D eigenvalue weighted by molar-refractivity contribution is 5.76. The summed E-state index contributed by atoms with van der Waals surface area (Å²) in [6.07, 6.45) is 3.72. The summed E-state index contributed by atoms with van der Waals surface area (Å²) >= 11 is 0. The van der Waals surface area contributed by atoms with E-state index in [1.165, 1.54) is 24.2 Å². The van der Waals surface area contributed by atoms with Crippen molar-refractivity contribution in [1.29, 1.82) is 0 Å². The predicted octanol–water partition coefficient (Wildman–Crippen LogP) is 2.69. The van der Waals surface area contributed by atoms with Gasteiger partial charge in [-0.2, -0.15) is 0 Å². The number of likely N-dealkylation sites (N-methyl/N-ethyl adjacent to an activating group) is 1. The largest absolute Gasteiger partial charge is 0.493 e. The molecular formula is C24H33N2O3+. The van der Waals surface area contributed by atoms with Crippen LogP contribution in [-0.4, -0.2) is 44.1 Å². The van der Waals surface area contributed by atoms with Crippen LogP contribution in [0.1, 0.15) is 37.3 Å². The number of hydrogen-bond acceptors (Lipinski definition) is 3. The van der Waals surface area contributed by atoms with Gasteiger partial charge in [0.15, 0.2) is 18.0 Å². The summed E-state index contributed by atoms with van der Waals surface area (Å²) in [4.78, 5) is 15.9. The number of likely N-dealkylation sites (tertiary alicyclic amines) is 1. The summed E-state index contributed by atoms with van der Waals surface area (Å²) in [5, 5.41) is 0. The number of ether oxygens (including phenoxy) is 2. The number of carbonyl (C=O) groups is 1. The van der Waals surface area contributed by atoms with Crippen LogP contribution in [0.5, 0.6) is 11.5 Å². The molecule has 5 heteroatoms. The van der Waals surface area contributed by atoms with E-state index in [4.69, 9.17) is 9.47 Å². The molecule has 1 amide bonds. The molecule has 0 bridgehead atoms. The van der Waals surface area contributed by atoms with E-state index in [0.717, 1.165) is 17.7 Å². The molecule has 1 saturated heterocycles. The third kappa shape index (κ3) is 5.97. The maximum absolute atomic E-state index is 12.7. The maximum Gasteiger partial charge on any atom is 0.277 e. The van der Waals surface area contributed by atoms with Crippen molar-refractivity contribution in [2.45, 2.75) is 45.4 Å². The Hall–Kier alpha value is -2.53. The average Bonchev–Trinajstić information content (AvgIpc) is 2.75. The molecule has 1 aliphatic heterocycles. The molecule has 156 valence electrons. The zero-order valence-corrected chi connectivity index (χ0v) is 17.8. The lowest BCUT2D eigenvalue weighted by molar-refractivity contribution is -0.921. The van der Waals surface area contributed by atoms with E-state index in [9.17, 15) is 4.79 Å². The standard InChI is InChI=1S/C24H32N2O3/c1-19-9-7-8-14-26(19)17-24(27)25(2)16-21-12-13-22(23(15-21)28-3)29-18-20-10-5-4-6-11-20/h4-6,10-13,15,19H,7-9,14,16-18H2,1-3H3/p+1/t19-/m0/s1. The second-order valence-electron chi connectivity index (χ2n) is 7.99. The van der Waals surface area contributed by atoms with Crippen molar-refractivity contribution in [3.8, 4) is 11.5 Å². The molecule has 0 aromatic heterocycles. The molecule has 1 aliphatic rings. The van der Waals surface area contributed by atoms with Gasteiger partial charge in [-0.05, 0) is 49.4 Å². The zero-order chi connectivity index (χ0) is 20.6. The number of carbonyl (C=O) groups excluding carboxylic acids is 1. The van der Waals surface area contributed by atoms with Crippen LogP contribution >= 0.6 is 0 Å². The summed E-state index contributed by atoms with van der Waals surface area (Å²) < 4.78 is 11.4. The van der Waals surface area contributed by atoms with Gasteiger partial charge in [0.2, 0.25) is 0 Å². The van der Waals surface area contributed by atoms with Crippen LogP contribution in [0.4, 0.5) is 0 Å². The number of methoxy groups -OCH3 is 1. The normalized spacial score (nSPS) is 18.9. The molecule has 2 atom stereocenters. The number of piperidine rings is 1. The van der Waals surface area contributed by atoms with E-state index in [1.807, 2.05) is 60.5 Å². The van der Waals surface area contributed by atoms with Gasteiger partial charge in [0.1, 0.15) is 6.61 Å². The number of hydrogen-bond donors (Lipinski definition) is 1. The Kier molecular flexibility index (Phi) is 7.53. The predicted molar refractivity (Wildman–Crippen MR) is 114 cm³/mol. The molecule has 0 radical (unpaired) electrons. The second kappa shape index (κ2) is 10.3. The molecule has 3 rings (SSSR count). The molecule has 1 unspecified atom stereocenters. The first-order chi connectivity index (χ1) is 14.1. The van der Waals surface area contributed by atoms with Gasteiger partial charge >= 0.3 is 0 Å². The number of nitrogens with zero attached hydrogens (tertiary/aromatic N) is 1.